The lowest BCUT2D eigenvalue weighted by atomic mass is 10.0. The van der Waals surface area contributed by atoms with Gasteiger partial charge in [0.15, 0.2) is 0 Å². The van der Waals surface area contributed by atoms with Gasteiger partial charge in [-0.3, -0.25) is 14.7 Å². The van der Waals surface area contributed by atoms with Crippen molar-refractivity contribution in [1.82, 2.24) is 14.8 Å². The molecule has 118 valence electrons. The molecular formula is C17H23N3O2. The third kappa shape index (κ3) is 2.63. The number of carbonyl (C=O) groups is 1. The zero-order valence-electron chi connectivity index (χ0n) is 13.0. The number of rotatable bonds is 5. The van der Waals surface area contributed by atoms with Gasteiger partial charge in [0.1, 0.15) is 6.10 Å². The molecule has 0 bridgehead atoms. The Balaban J connectivity index is 1.41. The van der Waals surface area contributed by atoms with E-state index in [1.807, 2.05) is 24.3 Å². The average Bonchev–Trinajstić information content (AvgIpc) is 3.23. The predicted octanol–water partition coefficient (Wildman–Crippen LogP) is 1.15. The van der Waals surface area contributed by atoms with Gasteiger partial charge >= 0.3 is 0 Å². The van der Waals surface area contributed by atoms with Crippen molar-refractivity contribution in [3.63, 3.8) is 0 Å². The van der Waals surface area contributed by atoms with Crippen molar-refractivity contribution in [1.29, 1.82) is 0 Å². The van der Waals surface area contributed by atoms with Crippen molar-refractivity contribution < 1.29 is 9.53 Å². The van der Waals surface area contributed by atoms with Crippen LogP contribution >= 0.6 is 0 Å². The molecule has 3 atom stereocenters. The van der Waals surface area contributed by atoms with Crippen LogP contribution in [0.15, 0.2) is 24.5 Å². The summed E-state index contributed by atoms with van der Waals surface area (Å²) in [5.74, 6) is 1.20. The summed E-state index contributed by atoms with van der Waals surface area (Å²) in [6.07, 6.45) is 5.98. The van der Waals surface area contributed by atoms with Gasteiger partial charge in [-0.2, -0.15) is 0 Å². The number of nitrogens with zero attached hydrogens (tertiary/aromatic N) is 3. The first-order valence-corrected chi connectivity index (χ1v) is 8.22. The molecule has 0 radical (unpaired) electrons. The molecule has 4 rings (SSSR count). The molecule has 0 aromatic carbocycles. The van der Waals surface area contributed by atoms with Gasteiger partial charge in [-0.05, 0) is 36.5 Å². The van der Waals surface area contributed by atoms with E-state index in [0.717, 1.165) is 26.2 Å². The zero-order valence-corrected chi connectivity index (χ0v) is 13.0. The number of likely N-dealkylation sites (N-methyl/N-ethyl adjacent to an activating group) is 1. The number of carbonyl (C=O) groups excluding carboxylic acids is 1. The van der Waals surface area contributed by atoms with Crippen molar-refractivity contribution in [2.24, 2.45) is 11.8 Å². The molecule has 5 nitrogen and oxygen atoms in total. The molecule has 2 saturated heterocycles. The maximum Gasteiger partial charge on any atom is 0.252 e. The second kappa shape index (κ2) is 5.63. The number of pyridine rings is 1. The van der Waals surface area contributed by atoms with E-state index in [4.69, 9.17) is 4.74 Å². The van der Waals surface area contributed by atoms with E-state index >= 15 is 0 Å². The smallest absolute Gasteiger partial charge is 0.252 e. The largest absolute Gasteiger partial charge is 0.368 e. The quantitative estimate of drug-likeness (QED) is 0.818. The lowest BCUT2D eigenvalue weighted by Gasteiger charge is -2.22. The van der Waals surface area contributed by atoms with Crippen molar-refractivity contribution in [2.45, 2.75) is 31.5 Å². The Labute approximate surface area is 131 Å². The van der Waals surface area contributed by atoms with Gasteiger partial charge in [0.05, 0.1) is 12.6 Å². The maximum absolute atomic E-state index is 12.4. The highest BCUT2D eigenvalue weighted by molar-refractivity contribution is 5.84. The van der Waals surface area contributed by atoms with Gasteiger partial charge in [0.25, 0.3) is 5.91 Å². The van der Waals surface area contributed by atoms with Crippen LogP contribution < -0.4 is 0 Å². The summed E-state index contributed by atoms with van der Waals surface area (Å²) in [6.45, 7) is 3.57. The molecule has 3 aliphatic rings. The number of likely N-dealkylation sites (tertiary alicyclic amines) is 2. The molecule has 0 spiro atoms. The zero-order chi connectivity index (χ0) is 15.1. The van der Waals surface area contributed by atoms with Gasteiger partial charge in [-0.15, -0.1) is 0 Å². The SMILES string of the molecule is CN1C(=O)[C@@H](OCC2CC2)[C@H]2CN(Cc3ccncc3)C[C@H]21. The molecule has 0 N–H and O–H groups in total. The van der Waals surface area contributed by atoms with Crippen LogP contribution in [0.3, 0.4) is 0 Å². The van der Waals surface area contributed by atoms with Gasteiger partial charge < -0.3 is 9.64 Å². The molecule has 1 aromatic rings. The highest BCUT2D eigenvalue weighted by Gasteiger charge is 2.51. The van der Waals surface area contributed by atoms with E-state index < -0.39 is 0 Å². The Morgan fingerprint density at radius 3 is 2.77 bits per heavy atom. The fraction of sp³-hybridized carbons (Fsp3) is 0.647. The molecule has 5 heteroatoms. The van der Waals surface area contributed by atoms with Crippen LogP contribution in [0, 0.1) is 11.8 Å². The summed E-state index contributed by atoms with van der Waals surface area (Å²) < 4.78 is 5.99. The summed E-state index contributed by atoms with van der Waals surface area (Å²) in [4.78, 5) is 20.8. The second-order valence-electron chi connectivity index (χ2n) is 6.93. The fourth-order valence-corrected chi connectivity index (χ4v) is 3.74. The van der Waals surface area contributed by atoms with E-state index in [-0.39, 0.29) is 12.0 Å². The molecular weight excluding hydrogens is 278 g/mol. The summed E-state index contributed by atoms with van der Waals surface area (Å²) in [6, 6.07) is 4.42. The Morgan fingerprint density at radius 2 is 2.05 bits per heavy atom. The molecule has 22 heavy (non-hydrogen) atoms. The Bertz CT molecular complexity index is 546. The standard InChI is InChI=1S/C17H23N3O2/c1-19-15-10-20(8-12-4-6-18-7-5-12)9-14(15)16(17(19)21)22-11-13-2-3-13/h4-7,13-16H,2-3,8-11H2,1H3/t14-,15+,16-/m0/s1. The first kappa shape index (κ1) is 14.2. The highest BCUT2D eigenvalue weighted by atomic mass is 16.5. The van der Waals surface area contributed by atoms with E-state index in [1.165, 1.54) is 18.4 Å². The van der Waals surface area contributed by atoms with Crippen molar-refractivity contribution in [3.8, 4) is 0 Å². The number of amides is 1. The monoisotopic (exact) mass is 301 g/mol. The van der Waals surface area contributed by atoms with Crippen LogP contribution in [-0.4, -0.2) is 59.6 Å². The van der Waals surface area contributed by atoms with Gasteiger partial charge in [0, 0.05) is 45.0 Å². The van der Waals surface area contributed by atoms with E-state index in [1.54, 1.807) is 0 Å². The molecule has 1 aliphatic carbocycles. The van der Waals surface area contributed by atoms with Crippen molar-refractivity contribution >= 4 is 5.91 Å². The minimum atomic E-state index is -0.224. The fourth-order valence-electron chi connectivity index (χ4n) is 3.74. The minimum absolute atomic E-state index is 0.180. The number of fused-ring (bicyclic) bond motifs is 1. The van der Waals surface area contributed by atoms with Crippen LogP contribution in [0.1, 0.15) is 18.4 Å². The van der Waals surface area contributed by atoms with Gasteiger partial charge in [-0.25, -0.2) is 0 Å². The molecule has 1 saturated carbocycles. The first-order valence-electron chi connectivity index (χ1n) is 8.22. The summed E-state index contributed by atoms with van der Waals surface area (Å²) in [5.41, 5.74) is 1.28. The topological polar surface area (TPSA) is 45.7 Å². The second-order valence-corrected chi connectivity index (χ2v) is 6.93. The third-order valence-corrected chi connectivity index (χ3v) is 5.25. The van der Waals surface area contributed by atoms with Gasteiger partial charge in [0.2, 0.25) is 0 Å². The molecule has 3 fully saturated rings. The van der Waals surface area contributed by atoms with Crippen LogP contribution in [0.5, 0.6) is 0 Å². The lowest BCUT2D eigenvalue weighted by Crippen LogP contribution is -2.37. The third-order valence-electron chi connectivity index (χ3n) is 5.25. The predicted molar refractivity (Wildman–Crippen MR) is 82.0 cm³/mol. The Kier molecular flexibility index (Phi) is 3.62. The van der Waals surface area contributed by atoms with Crippen molar-refractivity contribution in [3.05, 3.63) is 30.1 Å². The van der Waals surface area contributed by atoms with Crippen LogP contribution in [0.25, 0.3) is 0 Å². The molecule has 1 aromatic heterocycles. The summed E-state index contributed by atoms with van der Waals surface area (Å²) in [5, 5.41) is 0. The lowest BCUT2D eigenvalue weighted by molar-refractivity contribution is -0.138. The molecule has 0 unspecified atom stereocenters. The van der Waals surface area contributed by atoms with Gasteiger partial charge in [-0.1, -0.05) is 0 Å². The van der Waals surface area contributed by atoms with E-state index in [9.17, 15) is 4.79 Å². The number of hydrogen-bond donors (Lipinski definition) is 0. The average molecular weight is 301 g/mol. The molecule has 2 aliphatic heterocycles. The van der Waals surface area contributed by atoms with E-state index in [0.29, 0.717) is 17.9 Å². The number of hydrogen-bond acceptors (Lipinski definition) is 4. The highest BCUT2D eigenvalue weighted by Crippen LogP contribution is 2.36. The normalized spacial score (nSPS) is 31.8. The molecule has 3 heterocycles. The van der Waals surface area contributed by atoms with Crippen LogP contribution in [-0.2, 0) is 16.1 Å². The van der Waals surface area contributed by atoms with Crippen molar-refractivity contribution in [2.75, 3.05) is 26.7 Å². The molecule has 1 amide bonds. The number of ether oxygens (including phenoxy) is 1. The Morgan fingerprint density at radius 1 is 1.27 bits per heavy atom. The summed E-state index contributed by atoms with van der Waals surface area (Å²) >= 11 is 0. The number of aromatic nitrogens is 1. The van der Waals surface area contributed by atoms with Crippen LogP contribution in [0.2, 0.25) is 0 Å². The summed E-state index contributed by atoms with van der Waals surface area (Å²) in [7, 11) is 1.93. The van der Waals surface area contributed by atoms with E-state index in [2.05, 4.69) is 22.0 Å². The van der Waals surface area contributed by atoms with Crippen LogP contribution in [0.4, 0.5) is 0 Å². The minimum Gasteiger partial charge on any atom is -0.368 e. The Hall–Kier alpha value is -1.46. The first-order chi connectivity index (χ1) is 10.7. The maximum atomic E-state index is 12.4.